The summed E-state index contributed by atoms with van der Waals surface area (Å²) in [6.45, 7) is 6.49. The molecule has 2 heteroatoms. The van der Waals surface area contributed by atoms with Crippen molar-refractivity contribution in [3.05, 3.63) is 47.8 Å². The van der Waals surface area contributed by atoms with Gasteiger partial charge in [0.2, 0.25) is 0 Å². The number of rotatable bonds is 2. The smallest absolute Gasteiger partial charge is 0.0683 e. The molecule has 0 N–H and O–H groups in total. The molecule has 0 unspecified atom stereocenters. The van der Waals surface area contributed by atoms with Gasteiger partial charge in [-0.15, -0.1) is 0 Å². The maximum Gasteiger partial charge on any atom is 0.0683 e. The minimum Gasteiger partial charge on any atom is -0.238 e. The molecule has 0 fully saturated rings. The van der Waals surface area contributed by atoms with Crippen molar-refractivity contribution in [1.29, 1.82) is 0 Å². The van der Waals surface area contributed by atoms with Gasteiger partial charge in [0.1, 0.15) is 0 Å². The normalized spacial score (nSPS) is 10.9. The summed E-state index contributed by atoms with van der Waals surface area (Å²) in [7, 11) is 0. The molecule has 1 aromatic heterocycles. The summed E-state index contributed by atoms with van der Waals surface area (Å²) in [6.07, 6.45) is 1.84. The first kappa shape index (κ1) is 9.97. The first-order valence-corrected chi connectivity index (χ1v) is 5.30. The monoisotopic (exact) mass is 200 g/mol. The van der Waals surface area contributed by atoms with Crippen LogP contribution in [0.5, 0.6) is 0 Å². The van der Waals surface area contributed by atoms with Crippen LogP contribution in [0.2, 0.25) is 0 Å². The van der Waals surface area contributed by atoms with E-state index in [1.807, 2.05) is 16.9 Å². The molecule has 0 aliphatic rings. The average molecular weight is 200 g/mol. The van der Waals surface area contributed by atoms with Gasteiger partial charge >= 0.3 is 0 Å². The van der Waals surface area contributed by atoms with Crippen LogP contribution in [0.3, 0.4) is 0 Å². The highest BCUT2D eigenvalue weighted by molar-refractivity contribution is 5.43. The number of nitrogens with zero attached hydrogens (tertiary/aromatic N) is 2. The van der Waals surface area contributed by atoms with Crippen LogP contribution in [0.15, 0.2) is 36.5 Å². The van der Waals surface area contributed by atoms with Gasteiger partial charge in [-0.3, -0.25) is 0 Å². The lowest BCUT2D eigenvalue weighted by molar-refractivity contribution is 0.793. The van der Waals surface area contributed by atoms with Crippen LogP contribution in [0, 0.1) is 6.92 Å². The Hall–Kier alpha value is -1.57. The van der Waals surface area contributed by atoms with Crippen molar-refractivity contribution >= 4 is 0 Å². The molecule has 78 valence electrons. The summed E-state index contributed by atoms with van der Waals surface area (Å²) in [6, 6.07) is 10.5. The summed E-state index contributed by atoms with van der Waals surface area (Å²) < 4.78 is 2.00. The molecule has 0 bridgehead atoms. The van der Waals surface area contributed by atoms with E-state index in [0.717, 1.165) is 0 Å². The van der Waals surface area contributed by atoms with E-state index >= 15 is 0 Å². The summed E-state index contributed by atoms with van der Waals surface area (Å²) in [4.78, 5) is 0. The lowest BCUT2D eigenvalue weighted by Crippen LogP contribution is -2.03. The summed E-state index contributed by atoms with van der Waals surface area (Å²) in [5.74, 6) is 0.518. The predicted octanol–water partition coefficient (Wildman–Crippen LogP) is 3.30. The molecule has 0 saturated carbocycles. The second-order valence-electron chi connectivity index (χ2n) is 4.10. The van der Waals surface area contributed by atoms with Crippen LogP contribution >= 0.6 is 0 Å². The van der Waals surface area contributed by atoms with E-state index in [-0.39, 0.29) is 0 Å². The number of para-hydroxylation sites is 1. The summed E-state index contributed by atoms with van der Waals surface area (Å²) >= 11 is 0. The van der Waals surface area contributed by atoms with Crippen molar-refractivity contribution in [2.45, 2.75) is 26.7 Å². The van der Waals surface area contributed by atoms with Gasteiger partial charge in [-0.25, -0.2) is 4.68 Å². The number of aryl methyl sites for hydroxylation is 1. The highest BCUT2D eigenvalue weighted by Gasteiger charge is 2.08. The third-order valence-corrected chi connectivity index (χ3v) is 2.62. The second-order valence-corrected chi connectivity index (χ2v) is 4.10. The van der Waals surface area contributed by atoms with E-state index in [1.54, 1.807) is 0 Å². The highest BCUT2D eigenvalue weighted by Crippen LogP contribution is 2.22. The number of hydrogen-bond donors (Lipinski definition) is 0. The van der Waals surface area contributed by atoms with Gasteiger partial charge in [0.25, 0.3) is 0 Å². The van der Waals surface area contributed by atoms with Crippen LogP contribution in [-0.4, -0.2) is 9.78 Å². The van der Waals surface area contributed by atoms with Crippen molar-refractivity contribution < 1.29 is 0 Å². The summed E-state index contributed by atoms with van der Waals surface area (Å²) in [5.41, 5.74) is 3.70. The zero-order chi connectivity index (χ0) is 10.8. The molecule has 0 aliphatic carbocycles. The Labute approximate surface area is 90.6 Å². The third kappa shape index (κ3) is 1.80. The molecule has 0 atom stereocenters. The van der Waals surface area contributed by atoms with Gasteiger partial charge in [-0.2, -0.15) is 5.10 Å². The molecular formula is C13H16N2. The standard InChI is InChI=1S/C13H16N2/c1-10(2)12-6-4-5-7-13(12)15-11(3)8-9-14-15/h4-10H,1-3H3. The molecule has 2 aromatic rings. The van der Waals surface area contributed by atoms with Gasteiger partial charge in [0.15, 0.2) is 0 Å². The van der Waals surface area contributed by atoms with Gasteiger partial charge in [0.05, 0.1) is 5.69 Å². The molecule has 1 aromatic carbocycles. The first-order chi connectivity index (χ1) is 7.20. The Morgan fingerprint density at radius 2 is 1.87 bits per heavy atom. The Balaban J connectivity index is 2.58. The lowest BCUT2D eigenvalue weighted by Gasteiger charge is -2.13. The average Bonchev–Trinajstić information content (AvgIpc) is 2.64. The summed E-state index contributed by atoms with van der Waals surface area (Å²) in [5, 5.41) is 4.35. The van der Waals surface area contributed by atoms with Crippen molar-refractivity contribution in [1.82, 2.24) is 9.78 Å². The quantitative estimate of drug-likeness (QED) is 0.727. The molecule has 2 rings (SSSR count). The maximum atomic E-state index is 4.35. The molecule has 15 heavy (non-hydrogen) atoms. The van der Waals surface area contributed by atoms with E-state index < -0.39 is 0 Å². The van der Waals surface area contributed by atoms with Crippen molar-refractivity contribution in [2.75, 3.05) is 0 Å². The van der Waals surface area contributed by atoms with Gasteiger partial charge in [-0.05, 0) is 30.5 Å². The van der Waals surface area contributed by atoms with Crippen LogP contribution in [0.4, 0.5) is 0 Å². The zero-order valence-electron chi connectivity index (χ0n) is 9.44. The number of hydrogen-bond acceptors (Lipinski definition) is 1. The fourth-order valence-corrected chi connectivity index (χ4v) is 1.79. The Bertz CT molecular complexity index is 455. The van der Waals surface area contributed by atoms with E-state index in [2.05, 4.69) is 50.1 Å². The topological polar surface area (TPSA) is 17.8 Å². The molecule has 1 heterocycles. The second kappa shape index (κ2) is 3.89. The lowest BCUT2D eigenvalue weighted by atomic mass is 10.0. The minimum absolute atomic E-state index is 0.518. The Morgan fingerprint density at radius 1 is 1.13 bits per heavy atom. The van der Waals surface area contributed by atoms with E-state index in [1.165, 1.54) is 16.9 Å². The molecule has 0 amide bonds. The number of benzene rings is 1. The highest BCUT2D eigenvalue weighted by atomic mass is 15.3. The van der Waals surface area contributed by atoms with Crippen molar-refractivity contribution in [3.8, 4) is 5.69 Å². The van der Waals surface area contributed by atoms with Crippen molar-refractivity contribution in [3.63, 3.8) is 0 Å². The zero-order valence-corrected chi connectivity index (χ0v) is 9.44. The Kier molecular flexibility index (Phi) is 2.58. The van der Waals surface area contributed by atoms with Crippen molar-refractivity contribution in [2.24, 2.45) is 0 Å². The van der Waals surface area contributed by atoms with Gasteiger partial charge in [-0.1, -0.05) is 32.0 Å². The molecule has 2 nitrogen and oxygen atoms in total. The van der Waals surface area contributed by atoms with E-state index in [9.17, 15) is 0 Å². The molecule has 0 spiro atoms. The fourth-order valence-electron chi connectivity index (χ4n) is 1.79. The SMILES string of the molecule is Cc1ccnn1-c1ccccc1C(C)C. The van der Waals surface area contributed by atoms with E-state index in [4.69, 9.17) is 0 Å². The molecular weight excluding hydrogens is 184 g/mol. The minimum atomic E-state index is 0.518. The first-order valence-electron chi connectivity index (χ1n) is 5.30. The molecule has 0 radical (unpaired) electrons. The van der Waals surface area contributed by atoms with Crippen LogP contribution in [-0.2, 0) is 0 Å². The van der Waals surface area contributed by atoms with Crippen LogP contribution in [0.1, 0.15) is 31.0 Å². The predicted molar refractivity (Wildman–Crippen MR) is 62.4 cm³/mol. The number of aromatic nitrogens is 2. The van der Waals surface area contributed by atoms with E-state index in [0.29, 0.717) is 5.92 Å². The Morgan fingerprint density at radius 3 is 2.47 bits per heavy atom. The maximum absolute atomic E-state index is 4.35. The van der Waals surface area contributed by atoms with Crippen LogP contribution in [0.25, 0.3) is 5.69 Å². The van der Waals surface area contributed by atoms with Gasteiger partial charge < -0.3 is 0 Å². The largest absolute Gasteiger partial charge is 0.238 e. The third-order valence-electron chi connectivity index (χ3n) is 2.62. The fraction of sp³-hybridized carbons (Fsp3) is 0.308. The molecule has 0 saturated heterocycles. The van der Waals surface area contributed by atoms with Gasteiger partial charge in [0, 0.05) is 11.9 Å². The molecule has 0 aliphatic heterocycles. The van der Waals surface area contributed by atoms with Crippen LogP contribution < -0.4 is 0 Å².